The van der Waals surface area contributed by atoms with Crippen molar-refractivity contribution in [1.29, 1.82) is 5.26 Å². The van der Waals surface area contributed by atoms with Crippen molar-refractivity contribution in [3.8, 4) is 6.07 Å². The van der Waals surface area contributed by atoms with Gasteiger partial charge in [-0.15, -0.1) is 0 Å². The van der Waals surface area contributed by atoms with E-state index in [0.29, 0.717) is 25.2 Å². The largest absolute Gasteiger partial charge is 0.416 e. The lowest BCUT2D eigenvalue weighted by atomic mass is 10.1. The molecule has 3 nitrogen and oxygen atoms in total. The molecule has 0 unspecified atom stereocenters. The zero-order valence-corrected chi connectivity index (χ0v) is 9.96. The van der Waals surface area contributed by atoms with Crippen molar-refractivity contribution in [2.45, 2.75) is 12.6 Å². The van der Waals surface area contributed by atoms with E-state index in [-0.39, 0.29) is 5.56 Å². The summed E-state index contributed by atoms with van der Waals surface area (Å²) in [5.41, 5.74) is 5.06. The highest BCUT2D eigenvalue weighted by Crippen LogP contribution is 2.32. The number of anilines is 1. The highest BCUT2D eigenvalue weighted by atomic mass is 19.4. The van der Waals surface area contributed by atoms with E-state index in [1.54, 1.807) is 18.0 Å². The lowest BCUT2D eigenvalue weighted by Crippen LogP contribution is -2.22. The topological polar surface area (TPSA) is 53.0 Å². The summed E-state index contributed by atoms with van der Waals surface area (Å²) in [6.07, 6.45) is -3.72. The van der Waals surface area contributed by atoms with Crippen LogP contribution in [-0.2, 0) is 6.18 Å². The van der Waals surface area contributed by atoms with E-state index >= 15 is 0 Å². The van der Waals surface area contributed by atoms with Crippen LogP contribution in [0.15, 0.2) is 18.2 Å². The van der Waals surface area contributed by atoms with Crippen molar-refractivity contribution < 1.29 is 13.2 Å². The second-order valence-electron chi connectivity index (χ2n) is 3.91. The molecule has 0 bridgehead atoms. The van der Waals surface area contributed by atoms with E-state index in [1.807, 2.05) is 0 Å². The van der Waals surface area contributed by atoms with Gasteiger partial charge in [0.1, 0.15) is 6.07 Å². The predicted octanol–water partition coefficient (Wildman–Crippen LogP) is 2.36. The molecule has 0 spiro atoms. The third-order valence-electron chi connectivity index (χ3n) is 2.55. The van der Waals surface area contributed by atoms with Crippen LogP contribution in [0.3, 0.4) is 0 Å². The molecular weight excluding hydrogens is 243 g/mol. The fourth-order valence-electron chi connectivity index (χ4n) is 1.58. The maximum Gasteiger partial charge on any atom is 0.416 e. The molecule has 0 aromatic heterocycles. The predicted molar refractivity (Wildman–Crippen MR) is 63.1 cm³/mol. The molecule has 0 heterocycles. The van der Waals surface area contributed by atoms with Gasteiger partial charge < -0.3 is 10.6 Å². The Balaban J connectivity index is 3.05. The van der Waals surface area contributed by atoms with E-state index in [2.05, 4.69) is 0 Å². The summed E-state index contributed by atoms with van der Waals surface area (Å²) in [6, 6.07) is 4.96. The molecule has 1 aromatic carbocycles. The van der Waals surface area contributed by atoms with Crippen molar-refractivity contribution >= 4 is 5.69 Å². The Morgan fingerprint density at radius 2 is 2.06 bits per heavy atom. The molecule has 0 saturated carbocycles. The lowest BCUT2D eigenvalue weighted by molar-refractivity contribution is -0.137. The fraction of sp³-hybridized carbons (Fsp3) is 0.417. The van der Waals surface area contributed by atoms with Gasteiger partial charge in [-0.2, -0.15) is 18.4 Å². The number of nitriles is 1. The molecule has 0 radical (unpaired) electrons. The van der Waals surface area contributed by atoms with Gasteiger partial charge in [0.15, 0.2) is 0 Å². The molecule has 0 amide bonds. The van der Waals surface area contributed by atoms with Crippen LogP contribution in [0.4, 0.5) is 18.9 Å². The highest BCUT2D eigenvalue weighted by molar-refractivity contribution is 5.60. The second kappa shape index (κ2) is 5.74. The van der Waals surface area contributed by atoms with Crippen LogP contribution in [0.25, 0.3) is 0 Å². The Labute approximate surface area is 104 Å². The number of nitrogens with zero attached hydrogens (tertiary/aromatic N) is 2. The molecule has 0 atom stereocenters. The molecule has 2 N–H and O–H groups in total. The molecule has 1 aromatic rings. The number of hydrogen-bond acceptors (Lipinski definition) is 3. The first-order chi connectivity index (χ1) is 8.40. The summed E-state index contributed by atoms with van der Waals surface area (Å²) in [6.45, 7) is 1.09. The van der Waals surface area contributed by atoms with Gasteiger partial charge in [-0.25, -0.2) is 0 Å². The quantitative estimate of drug-likeness (QED) is 0.900. The minimum Gasteiger partial charge on any atom is -0.373 e. The standard InChI is InChI=1S/C12H14F3N3/c1-18(6-2-5-16)11-4-3-10(12(13,14)15)7-9(11)8-17/h3-4,7H,2,5-6,16H2,1H3. The molecule has 0 aliphatic rings. The lowest BCUT2D eigenvalue weighted by Gasteiger charge is -2.21. The molecule has 18 heavy (non-hydrogen) atoms. The van der Waals surface area contributed by atoms with Gasteiger partial charge in [0.25, 0.3) is 0 Å². The number of nitrogens with two attached hydrogens (primary N) is 1. The Morgan fingerprint density at radius 3 is 2.56 bits per heavy atom. The maximum absolute atomic E-state index is 12.5. The normalized spacial score (nSPS) is 11.1. The summed E-state index contributed by atoms with van der Waals surface area (Å²) in [7, 11) is 1.72. The van der Waals surface area contributed by atoms with E-state index < -0.39 is 11.7 Å². The molecular formula is C12H14F3N3. The van der Waals surface area contributed by atoms with E-state index in [0.717, 1.165) is 12.1 Å². The molecule has 0 aliphatic carbocycles. The maximum atomic E-state index is 12.5. The van der Waals surface area contributed by atoms with Gasteiger partial charge in [-0.1, -0.05) is 0 Å². The SMILES string of the molecule is CN(CCCN)c1ccc(C(F)(F)F)cc1C#N. The average molecular weight is 257 g/mol. The number of rotatable bonds is 4. The zero-order valence-electron chi connectivity index (χ0n) is 9.96. The van der Waals surface area contributed by atoms with E-state index in [1.165, 1.54) is 6.07 Å². The summed E-state index contributed by atoms with van der Waals surface area (Å²) in [5.74, 6) is 0. The van der Waals surface area contributed by atoms with Crippen LogP contribution in [-0.4, -0.2) is 20.1 Å². The summed E-state index contributed by atoms with van der Waals surface area (Å²) in [4.78, 5) is 1.73. The Kier molecular flexibility index (Phi) is 4.56. The molecule has 0 fully saturated rings. The molecule has 0 aliphatic heterocycles. The van der Waals surface area contributed by atoms with Gasteiger partial charge in [0, 0.05) is 13.6 Å². The van der Waals surface area contributed by atoms with Crippen LogP contribution in [0.1, 0.15) is 17.5 Å². The van der Waals surface area contributed by atoms with Gasteiger partial charge in [-0.05, 0) is 31.2 Å². The Hall–Kier alpha value is -1.74. The van der Waals surface area contributed by atoms with Crippen molar-refractivity contribution in [2.75, 3.05) is 25.0 Å². The van der Waals surface area contributed by atoms with Crippen molar-refractivity contribution in [2.24, 2.45) is 5.73 Å². The third kappa shape index (κ3) is 3.37. The van der Waals surface area contributed by atoms with Crippen LogP contribution < -0.4 is 10.6 Å². The van der Waals surface area contributed by atoms with Crippen molar-refractivity contribution in [1.82, 2.24) is 0 Å². The Bertz CT molecular complexity index is 449. The molecule has 6 heteroatoms. The van der Waals surface area contributed by atoms with Gasteiger partial charge in [0.05, 0.1) is 16.8 Å². The fourth-order valence-corrected chi connectivity index (χ4v) is 1.58. The van der Waals surface area contributed by atoms with Crippen LogP contribution in [0, 0.1) is 11.3 Å². The monoisotopic (exact) mass is 257 g/mol. The first kappa shape index (κ1) is 14.3. The number of alkyl halides is 3. The first-order valence-electron chi connectivity index (χ1n) is 5.42. The van der Waals surface area contributed by atoms with Crippen LogP contribution >= 0.6 is 0 Å². The van der Waals surface area contributed by atoms with E-state index in [4.69, 9.17) is 11.0 Å². The summed E-state index contributed by atoms with van der Waals surface area (Å²) in [5, 5.41) is 8.91. The van der Waals surface area contributed by atoms with Crippen molar-refractivity contribution in [3.63, 3.8) is 0 Å². The van der Waals surface area contributed by atoms with Gasteiger partial charge >= 0.3 is 6.18 Å². The average Bonchev–Trinajstić information content (AvgIpc) is 2.34. The highest BCUT2D eigenvalue weighted by Gasteiger charge is 2.31. The minimum atomic E-state index is -4.43. The third-order valence-corrected chi connectivity index (χ3v) is 2.55. The molecule has 1 rings (SSSR count). The summed E-state index contributed by atoms with van der Waals surface area (Å²) >= 11 is 0. The number of benzene rings is 1. The second-order valence-corrected chi connectivity index (χ2v) is 3.91. The smallest absolute Gasteiger partial charge is 0.373 e. The van der Waals surface area contributed by atoms with Crippen LogP contribution in [0.2, 0.25) is 0 Å². The summed E-state index contributed by atoms with van der Waals surface area (Å²) < 4.78 is 37.5. The van der Waals surface area contributed by atoms with Gasteiger partial charge in [-0.3, -0.25) is 0 Å². The number of halogens is 3. The van der Waals surface area contributed by atoms with Gasteiger partial charge in [0.2, 0.25) is 0 Å². The first-order valence-corrected chi connectivity index (χ1v) is 5.42. The van der Waals surface area contributed by atoms with E-state index in [9.17, 15) is 13.2 Å². The zero-order chi connectivity index (χ0) is 13.8. The molecule has 98 valence electrons. The Morgan fingerprint density at radius 1 is 1.39 bits per heavy atom. The number of hydrogen-bond donors (Lipinski definition) is 1. The van der Waals surface area contributed by atoms with Crippen molar-refractivity contribution in [3.05, 3.63) is 29.3 Å². The minimum absolute atomic E-state index is 0.0179. The molecule has 0 saturated heterocycles. The van der Waals surface area contributed by atoms with Crippen LogP contribution in [0.5, 0.6) is 0 Å².